The average molecular weight is 427 g/mol. The highest BCUT2D eigenvalue weighted by Gasteiger charge is 2.49. The van der Waals surface area contributed by atoms with Crippen LogP contribution in [-0.2, 0) is 9.59 Å². The van der Waals surface area contributed by atoms with Gasteiger partial charge in [0.2, 0.25) is 5.91 Å². The number of methoxy groups -OCH3 is 1. The van der Waals surface area contributed by atoms with Crippen molar-refractivity contribution in [3.8, 4) is 5.75 Å². The summed E-state index contributed by atoms with van der Waals surface area (Å²) in [5, 5.41) is 3.93. The van der Waals surface area contributed by atoms with Crippen molar-refractivity contribution in [3.63, 3.8) is 0 Å². The number of rotatable bonds is 6. The minimum absolute atomic E-state index is 0.175. The average Bonchev–Trinajstić information content (AvgIpc) is 3.33. The van der Waals surface area contributed by atoms with Crippen LogP contribution in [0, 0.1) is 0 Å². The van der Waals surface area contributed by atoms with Crippen LogP contribution in [0.1, 0.15) is 51.0 Å². The van der Waals surface area contributed by atoms with E-state index in [1.54, 1.807) is 12.0 Å². The standard InChI is InChI=1S/C23H30N4O4/c1-4-23(5-2)21(29)27(22(30)25-23)14-20(28)26-10-8-15(9-11-26)18-13-24-19-7-6-16(31-3)12-17(18)19/h6-7,12-13,15,24H,4-5,8-11,14H2,1-3H3,(H,25,30). The number of imide groups is 1. The van der Waals surface area contributed by atoms with Gasteiger partial charge in [-0.2, -0.15) is 0 Å². The Kier molecular flexibility index (Phi) is 5.64. The Labute approximate surface area is 181 Å². The summed E-state index contributed by atoms with van der Waals surface area (Å²) in [6, 6.07) is 5.53. The lowest BCUT2D eigenvalue weighted by atomic mass is 9.89. The lowest BCUT2D eigenvalue weighted by molar-refractivity contribution is -0.139. The van der Waals surface area contributed by atoms with Gasteiger partial charge in [0.05, 0.1) is 7.11 Å². The number of benzene rings is 1. The normalized spacial score (nSPS) is 19.2. The Morgan fingerprint density at radius 1 is 1.19 bits per heavy atom. The second-order valence-electron chi connectivity index (χ2n) is 8.42. The summed E-state index contributed by atoms with van der Waals surface area (Å²) in [6.07, 6.45) is 4.75. The second kappa shape index (κ2) is 8.24. The molecule has 2 fully saturated rings. The van der Waals surface area contributed by atoms with Crippen LogP contribution in [0.5, 0.6) is 5.75 Å². The first kappa shape index (κ1) is 21.2. The number of ether oxygens (including phenoxy) is 1. The molecule has 8 heteroatoms. The number of piperidine rings is 1. The summed E-state index contributed by atoms with van der Waals surface area (Å²) < 4.78 is 5.36. The van der Waals surface area contributed by atoms with Crippen LogP contribution in [0.25, 0.3) is 10.9 Å². The highest BCUT2D eigenvalue weighted by molar-refractivity contribution is 6.09. The second-order valence-corrected chi connectivity index (χ2v) is 8.42. The third-order valence-corrected chi connectivity index (χ3v) is 6.95. The maximum Gasteiger partial charge on any atom is 0.325 e. The zero-order valence-corrected chi connectivity index (χ0v) is 18.4. The SMILES string of the molecule is CCC1(CC)NC(=O)N(CC(=O)N2CCC(c3c[nH]c4ccc(OC)cc34)CC2)C1=O. The summed E-state index contributed by atoms with van der Waals surface area (Å²) in [6.45, 7) is 4.77. The highest BCUT2D eigenvalue weighted by atomic mass is 16.5. The highest BCUT2D eigenvalue weighted by Crippen LogP contribution is 2.35. The number of hydrogen-bond acceptors (Lipinski definition) is 4. The molecule has 31 heavy (non-hydrogen) atoms. The van der Waals surface area contributed by atoms with E-state index in [4.69, 9.17) is 4.74 Å². The first-order valence-electron chi connectivity index (χ1n) is 11.0. The minimum atomic E-state index is -0.874. The minimum Gasteiger partial charge on any atom is -0.497 e. The molecule has 0 saturated carbocycles. The predicted molar refractivity (Wildman–Crippen MR) is 117 cm³/mol. The molecule has 0 unspecified atom stereocenters. The van der Waals surface area contributed by atoms with Crippen molar-refractivity contribution >= 4 is 28.7 Å². The van der Waals surface area contributed by atoms with Gasteiger partial charge >= 0.3 is 6.03 Å². The number of aromatic amines is 1. The molecule has 0 bridgehead atoms. The molecule has 4 amide bonds. The fourth-order valence-corrected chi connectivity index (χ4v) is 4.81. The lowest BCUT2D eigenvalue weighted by Crippen LogP contribution is -2.48. The van der Waals surface area contributed by atoms with E-state index < -0.39 is 11.6 Å². The summed E-state index contributed by atoms with van der Waals surface area (Å²) in [4.78, 5) is 44.1. The summed E-state index contributed by atoms with van der Waals surface area (Å²) in [5.41, 5.74) is 1.44. The van der Waals surface area contributed by atoms with Gasteiger partial charge in [-0.3, -0.25) is 14.5 Å². The Morgan fingerprint density at radius 3 is 2.52 bits per heavy atom. The maximum absolute atomic E-state index is 12.9. The Hall–Kier alpha value is -3.03. The molecule has 166 valence electrons. The van der Waals surface area contributed by atoms with Gasteiger partial charge in [0.15, 0.2) is 0 Å². The van der Waals surface area contributed by atoms with Crippen molar-refractivity contribution in [1.29, 1.82) is 0 Å². The molecule has 0 spiro atoms. The monoisotopic (exact) mass is 426 g/mol. The number of nitrogens with zero attached hydrogens (tertiary/aromatic N) is 2. The first-order chi connectivity index (χ1) is 14.9. The topological polar surface area (TPSA) is 94.7 Å². The number of amides is 4. The van der Waals surface area contributed by atoms with Gasteiger partial charge in [-0.15, -0.1) is 0 Å². The van der Waals surface area contributed by atoms with Gasteiger partial charge in [0, 0.05) is 30.2 Å². The number of urea groups is 1. The van der Waals surface area contributed by atoms with Crippen molar-refractivity contribution in [3.05, 3.63) is 30.0 Å². The Bertz CT molecular complexity index is 1000. The van der Waals surface area contributed by atoms with Crippen LogP contribution in [0.3, 0.4) is 0 Å². The summed E-state index contributed by atoms with van der Waals surface area (Å²) >= 11 is 0. The van der Waals surface area contributed by atoms with E-state index >= 15 is 0 Å². The van der Waals surface area contributed by atoms with Gasteiger partial charge in [-0.25, -0.2) is 4.79 Å². The molecule has 8 nitrogen and oxygen atoms in total. The van der Waals surface area contributed by atoms with Crippen molar-refractivity contribution in [2.45, 2.75) is 51.0 Å². The number of H-pyrrole nitrogens is 1. The van der Waals surface area contributed by atoms with Gasteiger partial charge in [-0.05, 0) is 55.4 Å². The van der Waals surface area contributed by atoms with Crippen LogP contribution in [0.2, 0.25) is 0 Å². The van der Waals surface area contributed by atoms with Crippen LogP contribution in [0.15, 0.2) is 24.4 Å². The number of carbonyl (C=O) groups excluding carboxylic acids is 3. The molecule has 0 radical (unpaired) electrons. The van der Waals surface area contributed by atoms with Crippen LogP contribution >= 0.6 is 0 Å². The summed E-state index contributed by atoms with van der Waals surface area (Å²) in [7, 11) is 1.66. The quantitative estimate of drug-likeness (QED) is 0.695. The molecule has 2 aromatic rings. The largest absolute Gasteiger partial charge is 0.497 e. The number of carbonyl (C=O) groups is 3. The number of likely N-dealkylation sites (tertiary alicyclic amines) is 1. The molecule has 1 aromatic carbocycles. The molecule has 2 N–H and O–H groups in total. The van der Waals surface area contributed by atoms with E-state index in [9.17, 15) is 14.4 Å². The third-order valence-electron chi connectivity index (χ3n) is 6.95. The van der Waals surface area contributed by atoms with Gasteiger partial charge in [0.25, 0.3) is 5.91 Å². The van der Waals surface area contributed by atoms with Crippen LogP contribution in [-0.4, -0.2) is 64.9 Å². The van der Waals surface area contributed by atoms with Gasteiger partial charge in [0.1, 0.15) is 17.8 Å². The van der Waals surface area contributed by atoms with E-state index in [0.717, 1.165) is 34.4 Å². The number of aromatic nitrogens is 1. The van der Waals surface area contributed by atoms with Gasteiger partial charge < -0.3 is 19.9 Å². The van der Waals surface area contributed by atoms with Crippen molar-refractivity contribution in [2.24, 2.45) is 0 Å². The van der Waals surface area contributed by atoms with E-state index in [2.05, 4.69) is 16.5 Å². The molecule has 2 aliphatic rings. The molecule has 0 aliphatic carbocycles. The van der Waals surface area contributed by atoms with Crippen molar-refractivity contribution in [2.75, 3.05) is 26.7 Å². The molecule has 0 atom stereocenters. The van der Waals surface area contributed by atoms with Crippen LogP contribution in [0.4, 0.5) is 4.79 Å². The van der Waals surface area contributed by atoms with E-state index in [1.807, 2.05) is 32.0 Å². The fraction of sp³-hybridized carbons (Fsp3) is 0.522. The number of fused-ring (bicyclic) bond motifs is 1. The molecule has 2 saturated heterocycles. The molecule has 3 heterocycles. The van der Waals surface area contributed by atoms with Crippen molar-refractivity contribution < 1.29 is 19.1 Å². The fourth-order valence-electron chi connectivity index (χ4n) is 4.81. The Morgan fingerprint density at radius 2 is 1.90 bits per heavy atom. The van der Waals surface area contributed by atoms with E-state index in [1.165, 1.54) is 5.56 Å². The van der Waals surface area contributed by atoms with E-state index in [-0.39, 0.29) is 18.4 Å². The van der Waals surface area contributed by atoms with Crippen molar-refractivity contribution in [1.82, 2.24) is 20.1 Å². The zero-order chi connectivity index (χ0) is 22.2. The molecule has 4 rings (SSSR count). The number of nitrogens with one attached hydrogen (secondary N) is 2. The third kappa shape index (κ3) is 3.64. The molecular formula is C23H30N4O4. The zero-order valence-electron chi connectivity index (χ0n) is 18.4. The lowest BCUT2D eigenvalue weighted by Gasteiger charge is -2.33. The predicted octanol–water partition coefficient (Wildman–Crippen LogP) is 2.99. The molecule has 2 aliphatic heterocycles. The Balaban J connectivity index is 1.40. The number of hydrogen-bond donors (Lipinski definition) is 2. The maximum atomic E-state index is 12.9. The van der Waals surface area contributed by atoms with Gasteiger partial charge in [-0.1, -0.05) is 13.8 Å². The van der Waals surface area contributed by atoms with E-state index in [0.29, 0.717) is 31.8 Å². The smallest absolute Gasteiger partial charge is 0.325 e. The van der Waals surface area contributed by atoms with Crippen LogP contribution < -0.4 is 10.1 Å². The molecule has 1 aromatic heterocycles. The summed E-state index contributed by atoms with van der Waals surface area (Å²) in [5.74, 6) is 0.697. The molecular weight excluding hydrogens is 396 g/mol. The first-order valence-corrected chi connectivity index (χ1v) is 11.0.